The van der Waals surface area contributed by atoms with Gasteiger partial charge in [-0.1, -0.05) is 0 Å². The largest absolute Gasteiger partial charge is 0.434 e. The van der Waals surface area contributed by atoms with Crippen LogP contribution in [-0.2, 0) is 16.1 Å². The summed E-state index contributed by atoms with van der Waals surface area (Å²) in [4.78, 5) is 50.4. The number of piperidine rings is 1. The third kappa shape index (κ3) is 7.69. The minimum absolute atomic E-state index is 0.0781. The van der Waals surface area contributed by atoms with Crippen LogP contribution in [0.4, 0.5) is 14.5 Å². The lowest BCUT2D eigenvalue weighted by molar-refractivity contribution is -0.133. The molecule has 0 aliphatic carbocycles. The van der Waals surface area contributed by atoms with Crippen LogP contribution in [0.5, 0.6) is 5.75 Å². The molecule has 6 rings (SSSR count). The Morgan fingerprint density at radius 3 is 2.67 bits per heavy atom. The monoisotopic (exact) mass is 695 g/mol. The lowest BCUT2D eigenvalue weighted by atomic mass is 9.95. The van der Waals surface area contributed by atoms with Gasteiger partial charge in [0.05, 0.1) is 17.9 Å². The summed E-state index contributed by atoms with van der Waals surface area (Å²) in [6.07, 6.45) is 11.5. The maximum Gasteiger partial charge on any atom is 0.387 e. The number of thioether (sulfide) groups is 1. The smallest absolute Gasteiger partial charge is 0.387 e. The van der Waals surface area contributed by atoms with E-state index in [-0.39, 0.29) is 52.7 Å². The number of likely N-dealkylation sites (N-methyl/N-ethyl adjacent to an activating group) is 1. The summed E-state index contributed by atoms with van der Waals surface area (Å²) in [5.74, 6) is -0.285. The number of hydrogen-bond acceptors (Lipinski definition) is 9. The van der Waals surface area contributed by atoms with Gasteiger partial charge in [0.2, 0.25) is 11.8 Å². The highest BCUT2D eigenvalue weighted by atomic mass is 32.2. The number of ether oxygens (including phenoxy) is 1. The van der Waals surface area contributed by atoms with Crippen molar-refractivity contribution in [1.29, 1.82) is 0 Å². The van der Waals surface area contributed by atoms with E-state index >= 15 is 0 Å². The third-order valence-corrected chi connectivity index (χ3v) is 9.76. The molecule has 2 fully saturated rings. The van der Waals surface area contributed by atoms with E-state index in [1.165, 1.54) is 39.4 Å². The molecule has 2 aliphatic heterocycles. The van der Waals surface area contributed by atoms with Crippen LogP contribution in [0.3, 0.4) is 0 Å². The van der Waals surface area contributed by atoms with Crippen molar-refractivity contribution in [3.05, 3.63) is 54.6 Å². The molecule has 5 heterocycles. The number of nitrogens with zero attached hydrogens (tertiary/aromatic N) is 8. The molecule has 3 aromatic heterocycles. The maximum atomic E-state index is 13.5. The van der Waals surface area contributed by atoms with Crippen molar-refractivity contribution in [2.75, 3.05) is 51.8 Å². The van der Waals surface area contributed by atoms with Gasteiger partial charge in [0.1, 0.15) is 23.6 Å². The predicted octanol–water partition coefficient (Wildman–Crippen LogP) is 3.96. The fourth-order valence-electron chi connectivity index (χ4n) is 6.55. The number of amides is 3. The number of halogens is 2. The number of hydrogen-bond donors (Lipinski definition) is 1. The summed E-state index contributed by atoms with van der Waals surface area (Å²) in [7, 11) is 3.58. The van der Waals surface area contributed by atoms with E-state index < -0.39 is 12.5 Å². The van der Waals surface area contributed by atoms with Crippen LogP contribution in [0.15, 0.2) is 53.9 Å². The highest BCUT2D eigenvalue weighted by Gasteiger charge is 2.34. The Kier molecular flexibility index (Phi) is 10.4. The predicted molar refractivity (Wildman–Crippen MR) is 180 cm³/mol. The molecule has 0 spiro atoms. The van der Waals surface area contributed by atoms with Crippen LogP contribution in [0.1, 0.15) is 36.0 Å². The first-order chi connectivity index (χ1) is 23.6. The van der Waals surface area contributed by atoms with Crippen LogP contribution < -0.4 is 10.1 Å². The van der Waals surface area contributed by atoms with Crippen molar-refractivity contribution in [2.45, 2.75) is 49.8 Å². The highest BCUT2D eigenvalue weighted by molar-refractivity contribution is 7.98. The Morgan fingerprint density at radius 1 is 1.14 bits per heavy atom. The fraction of sp³-hybridized carbons (Fsp3) is 0.455. The Bertz CT molecular complexity index is 1820. The zero-order chi connectivity index (χ0) is 34.7. The molecular formula is C33H39F2N9O4S. The van der Waals surface area contributed by atoms with Gasteiger partial charge in [-0.25, -0.2) is 9.50 Å². The summed E-state index contributed by atoms with van der Waals surface area (Å²) in [5.41, 5.74) is 1.15. The average molecular weight is 696 g/mol. The van der Waals surface area contributed by atoms with Crippen LogP contribution in [-0.4, -0.2) is 116 Å². The maximum absolute atomic E-state index is 13.5. The Balaban J connectivity index is 1.20. The summed E-state index contributed by atoms with van der Waals surface area (Å²) < 4.78 is 34.6. The second-order valence-electron chi connectivity index (χ2n) is 12.4. The normalized spacial score (nSPS) is 17.2. The SMILES string of the molecule is CSc1ccc(OC(F)F)c(-c2nn(CC(=O)N3CCC(CN4CCC[C@H]4C(=O)N(C)C)CC3)cc2NC(=O)c2cnn3cccnc23)c1. The lowest BCUT2D eigenvalue weighted by Crippen LogP contribution is -2.47. The van der Waals surface area contributed by atoms with Gasteiger partial charge in [0, 0.05) is 62.8 Å². The molecular weight excluding hydrogens is 656 g/mol. The van der Waals surface area contributed by atoms with E-state index in [9.17, 15) is 23.2 Å². The summed E-state index contributed by atoms with van der Waals surface area (Å²) in [6.45, 7) is -0.320. The standard InChI is InChI=1S/C33H39F2N9O4S/c1-40(2)32(47)26-6-4-12-42(26)18-21-9-14-41(15-10-21)28(45)20-43-19-25(38-31(46)24-17-37-44-13-5-11-36-30(24)44)29(39-43)23-16-22(49-3)7-8-27(23)48-33(34)35/h5,7-8,11,13,16-17,19,21,26,33H,4,6,9-10,12,14-15,18,20H2,1-3H3,(H,38,46)/t26-/m0/s1. The van der Waals surface area contributed by atoms with Crippen molar-refractivity contribution in [2.24, 2.45) is 5.92 Å². The number of fused-ring (bicyclic) bond motifs is 1. The van der Waals surface area contributed by atoms with E-state index in [4.69, 9.17) is 4.74 Å². The Hall–Kier alpha value is -4.57. The molecule has 16 heteroatoms. The van der Waals surface area contributed by atoms with Gasteiger partial charge in [-0.05, 0) is 68.7 Å². The van der Waals surface area contributed by atoms with Gasteiger partial charge < -0.3 is 19.9 Å². The van der Waals surface area contributed by atoms with Crippen molar-refractivity contribution >= 4 is 40.8 Å². The van der Waals surface area contributed by atoms with E-state index in [1.807, 2.05) is 6.26 Å². The molecule has 1 aromatic carbocycles. The van der Waals surface area contributed by atoms with Crippen molar-refractivity contribution in [3.63, 3.8) is 0 Å². The summed E-state index contributed by atoms with van der Waals surface area (Å²) in [6, 6.07) is 6.35. The van der Waals surface area contributed by atoms with Crippen molar-refractivity contribution in [3.8, 4) is 17.0 Å². The number of alkyl halides is 2. The van der Waals surface area contributed by atoms with Crippen molar-refractivity contribution in [1.82, 2.24) is 39.1 Å². The number of carbonyl (C=O) groups excluding carboxylic acids is 3. The molecule has 260 valence electrons. The molecule has 0 radical (unpaired) electrons. The topological polar surface area (TPSA) is 130 Å². The molecule has 13 nitrogen and oxygen atoms in total. The number of rotatable bonds is 11. The van der Waals surface area contributed by atoms with E-state index in [2.05, 4.69) is 25.4 Å². The fourth-order valence-corrected chi connectivity index (χ4v) is 6.99. The number of anilines is 1. The number of aromatic nitrogens is 5. The van der Waals surface area contributed by atoms with Gasteiger partial charge in [-0.15, -0.1) is 11.8 Å². The van der Waals surface area contributed by atoms with Gasteiger partial charge in [0.25, 0.3) is 5.91 Å². The molecule has 4 aromatic rings. The summed E-state index contributed by atoms with van der Waals surface area (Å²) >= 11 is 1.41. The lowest BCUT2D eigenvalue weighted by Gasteiger charge is -2.35. The van der Waals surface area contributed by atoms with E-state index in [0.29, 0.717) is 24.7 Å². The molecule has 3 amide bonds. The van der Waals surface area contributed by atoms with Crippen LogP contribution in [0, 0.1) is 5.92 Å². The first kappa shape index (κ1) is 34.3. The molecule has 2 saturated heterocycles. The summed E-state index contributed by atoms with van der Waals surface area (Å²) in [5, 5.41) is 11.6. The van der Waals surface area contributed by atoms with Crippen LogP contribution >= 0.6 is 11.8 Å². The van der Waals surface area contributed by atoms with Gasteiger partial charge in [-0.3, -0.25) is 24.0 Å². The van der Waals surface area contributed by atoms with Crippen LogP contribution in [0.2, 0.25) is 0 Å². The van der Waals surface area contributed by atoms with Gasteiger partial charge in [-0.2, -0.15) is 19.0 Å². The zero-order valence-electron chi connectivity index (χ0n) is 27.6. The highest BCUT2D eigenvalue weighted by Crippen LogP contribution is 2.38. The van der Waals surface area contributed by atoms with E-state index in [1.54, 1.807) is 54.5 Å². The zero-order valence-corrected chi connectivity index (χ0v) is 28.4. The Morgan fingerprint density at radius 2 is 1.94 bits per heavy atom. The molecule has 2 aliphatic rings. The number of benzene rings is 1. The number of carbonyl (C=O) groups is 3. The minimum atomic E-state index is -3.09. The second-order valence-corrected chi connectivity index (χ2v) is 13.3. The molecule has 1 N–H and O–H groups in total. The number of likely N-dealkylation sites (tertiary alicyclic amines) is 2. The molecule has 0 unspecified atom stereocenters. The first-order valence-corrected chi connectivity index (χ1v) is 17.4. The van der Waals surface area contributed by atoms with Crippen LogP contribution in [0.25, 0.3) is 16.9 Å². The van der Waals surface area contributed by atoms with Crippen molar-refractivity contribution < 1.29 is 27.9 Å². The third-order valence-electron chi connectivity index (χ3n) is 9.04. The minimum Gasteiger partial charge on any atom is -0.434 e. The molecule has 0 bridgehead atoms. The van der Waals surface area contributed by atoms with Gasteiger partial charge >= 0.3 is 6.61 Å². The molecule has 49 heavy (non-hydrogen) atoms. The second kappa shape index (κ2) is 14.9. The molecule has 0 saturated carbocycles. The first-order valence-electron chi connectivity index (χ1n) is 16.1. The van der Waals surface area contributed by atoms with Gasteiger partial charge in [0.15, 0.2) is 5.65 Å². The van der Waals surface area contributed by atoms with E-state index in [0.717, 1.165) is 43.7 Å². The number of nitrogens with one attached hydrogen (secondary N) is 1. The molecule has 1 atom stereocenters. The quantitative estimate of drug-likeness (QED) is 0.232. The Labute approximate surface area is 286 Å². The average Bonchev–Trinajstić information content (AvgIpc) is 3.83.